The summed E-state index contributed by atoms with van der Waals surface area (Å²) >= 11 is 0. The highest BCUT2D eigenvalue weighted by Gasteiger charge is 2.28. The zero-order valence-electron chi connectivity index (χ0n) is 11.4. The van der Waals surface area contributed by atoms with Gasteiger partial charge in [0.25, 0.3) is 5.91 Å². The third kappa shape index (κ3) is 2.22. The number of benzene rings is 1. The van der Waals surface area contributed by atoms with Crippen LogP contribution in [0.3, 0.4) is 0 Å². The Hall–Kier alpha value is -2.50. The van der Waals surface area contributed by atoms with Gasteiger partial charge >= 0.3 is 0 Å². The van der Waals surface area contributed by atoms with Crippen molar-refractivity contribution in [2.24, 2.45) is 0 Å². The molecule has 2 heterocycles. The minimum absolute atomic E-state index is 0.0134. The van der Waals surface area contributed by atoms with Crippen LogP contribution >= 0.6 is 0 Å². The summed E-state index contributed by atoms with van der Waals surface area (Å²) in [5.74, 6) is -1.59. The van der Waals surface area contributed by atoms with E-state index in [4.69, 9.17) is 0 Å². The summed E-state index contributed by atoms with van der Waals surface area (Å²) < 4.78 is 27.6. The minimum atomic E-state index is -0.699. The molecule has 21 heavy (non-hydrogen) atoms. The zero-order chi connectivity index (χ0) is 15.0. The molecule has 4 nitrogen and oxygen atoms in total. The van der Waals surface area contributed by atoms with E-state index in [1.54, 1.807) is 6.07 Å². The van der Waals surface area contributed by atoms with E-state index in [-0.39, 0.29) is 11.4 Å². The molecular weight excluding hydrogens is 276 g/mol. The van der Waals surface area contributed by atoms with Gasteiger partial charge in [0, 0.05) is 19.8 Å². The Balaban J connectivity index is 2.00. The highest BCUT2D eigenvalue weighted by molar-refractivity contribution is 6.07. The van der Waals surface area contributed by atoms with Crippen molar-refractivity contribution in [3.63, 3.8) is 0 Å². The van der Waals surface area contributed by atoms with Crippen molar-refractivity contribution in [1.82, 2.24) is 4.98 Å². The molecule has 0 aliphatic carbocycles. The van der Waals surface area contributed by atoms with Gasteiger partial charge in [-0.1, -0.05) is 6.07 Å². The summed E-state index contributed by atoms with van der Waals surface area (Å²) in [7, 11) is 1.53. The van der Waals surface area contributed by atoms with Gasteiger partial charge in [-0.3, -0.25) is 4.79 Å². The predicted molar refractivity (Wildman–Crippen MR) is 75.5 cm³/mol. The van der Waals surface area contributed by atoms with Gasteiger partial charge in [0.2, 0.25) is 0 Å². The molecule has 0 radical (unpaired) electrons. The summed E-state index contributed by atoms with van der Waals surface area (Å²) in [5, 5.41) is 2.59. The molecule has 0 bridgehead atoms. The van der Waals surface area contributed by atoms with Gasteiger partial charge in [0.1, 0.15) is 5.82 Å². The Morgan fingerprint density at radius 3 is 2.90 bits per heavy atom. The number of anilines is 2. The molecule has 0 fully saturated rings. The standard InChI is InChI=1S/C15H13F2N3O/c1-18-14-13(17)11(4-6-19-14)15(21)20-7-5-9-2-3-10(16)8-12(9)20/h2-4,6,8H,5,7H2,1H3,(H,18,19). The van der Waals surface area contributed by atoms with Gasteiger partial charge in [-0.2, -0.15) is 0 Å². The summed E-state index contributed by atoms with van der Waals surface area (Å²) in [6.07, 6.45) is 2.00. The second-order valence-corrected chi connectivity index (χ2v) is 4.75. The van der Waals surface area contributed by atoms with Crippen LogP contribution in [0.15, 0.2) is 30.5 Å². The zero-order valence-corrected chi connectivity index (χ0v) is 11.4. The molecule has 3 rings (SSSR count). The van der Waals surface area contributed by atoms with Gasteiger partial charge in [-0.05, 0) is 30.2 Å². The molecule has 0 saturated carbocycles. The number of halogens is 2. The molecule has 6 heteroatoms. The maximum atomic E-state index is 14.2. The van der Waals surface area contributed by atoms with E-state index in [0.29, 0.717) is 18.7 Å². The van der Waals surface area contributed by atoms with Gasteiger partial charge in [0.05, 0.1) is 11.3 Å². The van der Waals surface area contributed by atoms with Crippen molar-refractivity contribution in [3.05, 3.63) is 53.2 Å². The van der Waals surface area contributed by atoms with E-state index in [1.165, 1.54) is 36.3 Å². The third-order valence-corrected chi connectivity index (χ3v) is 3.54. The average molecular weight is 289 g/mol. The maximum absolute atomic E-state index is 14.2. The van der Waals surface area contributed by atoms with Crippen molar-refractivity contribution >= 4 is 17.4 Å². The van der Waals surface area contributed by atoms with E-state index in [9.17, 15) is 13.6 Å². The fourth-order valence-corrected chi connectivity index (χ4v) is 2.49. The summed E-state index contributed by atoms with van der Waals surface area (Å²) in [5.41, 5.74) is 1.31. The molecule has 1 amide bonds. The molecule has 0 saturated heterocycles. The number of carbonyl (C=O) groups excluding carboxylic acids is 1. The number of hydrogen-bond donors (Lipinski definition) is 1. The summed E-state index contributed by atoms with van der Waals surface area (Å²) in [4.78, 5) is 17.7. The van der Waals surface area contributed by atoms with Crippen LogP contribution in [0.25, 0.3) is 0 Å². The fourth-order valence-electron chi connectivity index (χ4n) is 2.49. The largest absolute Gasteiger partial charge is 0.371 e. The van der Waals surface area contributed by atoms with Gasteiger partial charge < -0.3 is 10.2 Å². The third-order valence-electron chi connectivity index (χ3n) is 3.54. The molecule has 0 atom stereocenters. The number of carbonyl (C=O) groups is 1. The molecule has 1 aliphatic heterocycles. The number of nitrogens with zero attached hydrogens (tertiary/aromatic N) is 2. The lowest BCUT2D eigenvalue weighted by Gasteiger charge is -2.18. The average Bonchev–Trinajstić information content (AvgIpc) is 2.89. The molecule has 1 aliphatic rings. The van der Waals surface area contributed by atoms with Crippen molar-refractivity contribution < 1.29 is 13.6 Å². The predicted octanol–water partition coefficient (Wildman–Crippen LogP) is 2.60. The fraction of sp³-hybridized carbons (Fsp3) is 0.200. The van der Waals surface area contributed by atoms with Crippen LogP contribution in [-0.4, -0.2) is 24.5 Å². The van der Waals surface area contributed by atoms with Gasteiger partial charge in [0.15, 0.2) is 11.6 Å². The normalized spacial score (nSPS) is 13.2. The van der Waals surface area contributed by atoms with E-state index in [0.717, 1.165) is 5.56 Å². The SMILES string of the molecule is CNc1nccc(C(=O)N2CCc3ccc(F)cc32)c1F. The van der Waals surface area contributed by atoms with Crippen LogP contribution in [0.4, 0.5) is 20.3 Å². The number of amides is 1. The first kappa shape index (κ1) is 13.5. The van der Waals surface area contributed by atoms with Crippen LogP contribution in [0.2, 0.25) is 0 Å². The van der Waals surface area contributed by atoms with Crippen LogP contribution in [0, 0.1) is 11.6 Å². The van der Waals surface area contributed by atoms with E-state index in [2.05, 4.69) is 10.3 Å². The monoisotopic (exact) mass is 289 g/mol. The van der Waals surface area contributed by atoms with Gasteiger partial charge in [-0.15, -0.1) is 0 Å². The molecule has 1 aromatic carbocycles. The molecule has 1 N–H and O–H groups in total. The van der Waals surface area contributed by atoms with Crippen LogP contribution in [0.1, 0.15) is 15.9 Å². The molecule has 108 valence electrons. The first-order chi connectivity index (χ1) is 10.1. The second-order valence-electron chi connectivity index (χ2n) is 4.75. The Morgan fingerprint density at radius 1 is 1.33 bits per heavy atom. The lowest BCUT2D eigenvalue weighted by molar-refractivity contribution is 0.0985. The van der Waals surface area contributed by atoms with Crippen molar-refractivity contribution in [1.29, 1.82) is 0 Å². The Labute approximate surface area is 120 Å². The summed E-state index contributed by atoms with van der Waals surface area (Å²) in [6, 6.07) is 5.65. The minimum Gasteiger partial charge on any atom is -0.371 e. The molecule has 0 unspecified atom stereocenters. The molecule has 0 spiro atoms. The van der Waals surface area contributed by atoms with Crippen LogP contribution in [0.5, 0.6) is 0 Å². The number of nitrogens with one attached hydrogen (secondary N) is 1. The van der Waals surface area contributed by atoms with Crippen LogP contribution in [-0.2, 0) is 6.42 Å². The number of hydrogen-bond acceptors (Lipinski definition) is 3. The Kier molecular flexibility index (Phi) is 3.29. The van der Waals surface area contributed by atoms with E-state index >= 15 is 0 Å². The number of fused-ring (bicyclic) bond motifs is 1. The van der Waals surface area contributed by atoms with Crippen molar-refractivity contribution in [3.8, 4) is 0 Å². The Morgan fingerprint density at radius 2 is 2.14 bits per heavy atom. The number of rotatable bonds is 2. The smallest absolute Gasteiger partial charge is 0.261 e. The van der Waals surface area contributed by atoms with E-state index in [1.807, 2.05) is 0 Å². The molecular formula is C15H13F2N3O. The Bertz CT molecular complexity index is 718. The summed E-state index contributed by atoms with van der Waals surface area (Å²) in [6.45, 7) is 0.411. The van der Waals surface area contributed by atoms with Crippen molar-refractivity contribution in [2.45, 2.75) is 6.42 Å². The quantitative estimate of drug-likeness (QED) is 0.924. The highest BCUT2D eigenvalue weighted by Crippen LogP contribution is 2.30. The maximum Gasteiger partial charge on any atom is 0.261 e. The number of pyridine rings is 1. The highest BCUT2D eigenvalue weighted by atomic mass is 19.1. The topological polar surface area (TPSA) is 45.2 Å². The van der Waals surface area contributed by atoms with Crippen LogP contribution < -0.4 is 10.2 Å². The molecule has 1 aromatic heterocycles. The second kappa shape index (κ2) is 5.12. The first-order valence-corrected chi connectivity index (χ1v) is 6.54. The lowest BCUT2D eigenvalue weighted by atomic mass is 10.1. The first-order valence-electron chi connectivity index (χ1n) is 6.54. The van der Waals surface area contributed by atoms with Gasteiger partial charge in [-0.25, -0.2) is 13.8 Å². The number of aromatic nitrogens is 1. The van der Waals surface area contributed by atoms with Crippen molar-refractivity contribution in [2.75, 3.05) is 23.8 Å². The molecule has 2 aromatic rings. The lowest BCUT2D eigenvalue weighted by Crippen LogP contribution is -2.30. The van der Waals surface area contributed by atoms with E-state index < -0.39 is 17.5 Å².